The van der Waals surface area contributed by atoms with Crippen molar-refractivity contribution in [3.63, 3.8) is 0 Å². The van der Waals surface area contributed by atoms with Crippen molar-refractivity contribution in [2.45, 2.75) is 0 Å². The Labute approximate surface area is 104 Å². The molecule has 2 aromatic carbocycles. The van der Waals surface area contributed by atoms with Crippen LogP contribution in [0.4, 0.5) is 4.39 Å². The van der Waals surface area contributed by atoms with Crippen molar-refractivity contribution in [2.24, 2.45) is 0 Å². The zero-order chi connectivity index (χ0) is 12.4. The molecule has 0 spiro atoms. The van der Waals surface area contributed by atoms with Crippen molar-refractivity contribution >= 4 is 0 Å². The number of hydrogen-bond donors (Lipinski definition) is 0. The highest BCUT2D eigenvalue weighted by atomic mass is 19.1. The van der Waals surface area contributed by atoms with E-state index in [2.05, 4.69) is 4.98 Å². The van der Waals surface area contributed by atoms with Gasteiger partial charge in [0.15, 0.2) is 5.76 Å². The lowest BCUT2D eigenvalue weighted by Crippen LogP contribution is -1.76. The van der Waals surface area contributed by atoms with Crippen molar-refractivity contribution in [3.8, 4) is 22.8 Å². The number of benzene rings is 2. The van der Waals surface area contributed by atoms with Gasteiger partial charge in [0.05, 0.1) is 6.20 Å². The fraction of sp³-hybridized carbons (Fsp3) is 0. The number of oxazole rings is 1. The number of rotatable bonds is 2. The van der Waals surface area contributed by atoms with Crippen LogP contribution in [0.3, 0.4) is 0 Å². The first-order chi connectivity index (χ1) is 8.83. The van der Waals surface area contributed by atoms with Crippen LogP contribution in [0.25, 0.3) is 22.8 Å². The van der Waals surface area contributed by atoms with E-state index in [9.17, 15) is 4.39 Å². The molecule has 2 nitrogen and oxygen atoms in total. The van der Waals surface area contributed by atoms with Crippen LogP contribution in [0.2, 0.25) is 0 Å². The smallest absolute Gasteiger partial charge is 0.226 e. The summed E-state index contributed by atoms with van der Waals surface area (Å²) in [7, 11) is 0. The van der Waals surface area contributed by atoms with E-state index in [1.165, 1.54) is 12.1 Å². The minimum Gasteiger partial charge on any atom is -0.436 e. The molecule has 1 aromatic heterocycles. The maximum Gasteiger partial charge on any atom is 0.226 e. The highest BCUT2D eigenvalue weighted by Crippen LogP contribution is 2.25. The van der Waals surface area contributed by atoms with E-state index in [0.29, 0.717) is 17.2 Å². The summed E-state index contributed by atoms with van der Waals surface area (Å²) in [5.41, 5.74) is 1.59. The van der Waals surface area contributed by atoms with Crippen molar-refractivity contribution in [1.29, 1.82) is 0 Å². The average Bonchev–Trinajstić information content (AvgIpc) is 2.89. The van der Waals surface area contributed by atoms with E-state index >= 15 is 0 Å². The monoisotopic (exact) mass is 239 g/mol. The van der Waals surface area contributed by atoms with Gasteiger partial charge in [-0.05, 0) is 24.3 Å². The first-order valence-electron chi connectivity index (χ1n) is 5.60. The molecule has 3 heteroatoms. The van der Waals surface area contributed by atoms with E-state index in [-0.39, 0.29) is 5.82 Å². The van der Waals surface area contributed by atoms with Crippen LogP contribution in [0.1, 0.15) is 0 Å². The SMILES string of the molecule is Fc1cccc(-c2cnc(-c3ccccc3)o2)c1. The Hall–Kier alpha value is -2.42. The van der Waals surface area contributed by atoms with Gasteiger partial charge in [-0.15, -0.1) is 0 Å². The topological polar surface area (TPSA) is 26.0 Å². The van der Waals surface area contributed by atoms with Gasteiger partial charge in [0.25, 0.3) is 0 Å². The molecule has 0 aliphatic rings. The normalized spacial score (nSPS) is 10.5. The molecule has 88 valence electrons. The lowest BCUT2D eigenvalue weighted by Gasteiger charge is -1.96. The molecule has 0 aliphatic heterocycles. The largest absolute Gasteiger partial charge is 0.436 e. The molecule has 0 saturated heterocycles. The van der Waals surface area contributed by atoms with Gasteiger partial charge in [-0.2, -0.15) is 0 Å². The summed E-state index contributed by atoms with van der Waals surface area (Å²) in [5, 5.41) is 0. The highest BCUT2D eigenvalue weighted by molar-refractivity contribution is 5.60. The third-order valence-corrected chi connectivity index (χ3v) is 2.64. The molecule has 0 aliphatic carbocycles. The van der Waals surface area contributed by atoms with E-state index in [1.54, 1.807) is 18.3 Å². The van der Waals surface area contributed by atoms with E-state index in [4.69, 9.17) is 4.42 Å². The Morgan fingerprint density at radius 2 is 1.67 bits per heavy atom. The Balaban J connectivity index is 2.00. The first kappa shape index (κ1) is 10.7. The Bertz CT molecular complexity index is 661. The van der Waals surface area contributed by atoms with Crippen molar-refractivity contribution in [2.75, 3.05) is 0 Å². The summed E-state index contributed by atoms with van der Waals surface area (Å²) in [6.07, 6.45) is 1.61. The molecule has 18 heavy (non-hydrogen) atoms. The third kappa shape index (κ3) is 2.02. The molecule has 3 aromatic rings. The van der Waals surface area contributed by atoms with Gasteiger partial charge < -0.3 is 4.42 Å². The Morgan fingerprint density at radius 1 is 0.889 bits per heavy atom. The summed E-state index contributed by atoms with van der Waals surface area (Å²) >= 11 is 0. The lowest BCUT2D eigenvalue weighted by atomic mass is 10.2. The van der Waals surface area contributed by atoms with Crippen LogP contribution < -0.4 is 0 Å². The Morgan fingerprint density at radius 3 is 2.44 bits per heavy atom. The number of halogens is 1. The summed E-state index contributed by atoms with van der Waals surface area (Å²) < 4.78 is 18.8. The van der Waals surface area contributed by atoms with E-state index in [1.807, 2.05) is 30.3 Å². The molecule has 0 bridgehead atoms. The number of nitrogens with zero attached hydrogens (tertiary/aromatic N) is 1. The van der Waals surface area contributed by atoms with Gasteiger partial charge in [-0.3, -0.25) is 0 Å². The summed E-state index contributed by atoms with van der Waals surface area (Å²) in [4.78, 5) is 4.20. The first-order valence-corrected chi connectivity index (χ1v) is 5.60. The maximum absolute atomic E-state index is 13.1. The minimum absolute atomic E-state index is 0.287. The molecular formula is C15H10FNO. The third-order valence-electron chi connectivity index (χ3n) is 2.64. The Kier molecular flexibility index (Phi) is 2.65. The van der Waals surface area contributed by atoms with Crippen LogP contribution in [0.5, 0.6) is 0 Å². The van der Waals surface area contributed by atoms with Crippen LogP contribution in [-0.4, -0.2) is 4.98 Å². The molecule has 0 radical (unpaired) electrons. The zero-order valence-corrected chi connectivity index (χ0v) is 9.51. The molecular weight excluding hydrogens is 229 g/mol. The molecule has 0 amide bonds. The van der Waals surface area contributed by atoms with Crippen LogP contribution in [-0.2, 0) is 0 Å². The predicted molar refractivity (Wildman–Crippen MR) is 67.3 cm³/mol. The molecule has 3 rings (SSSR count). The van der Waals surface area contributed by atoms with Gasteiger partial charge >= 0.3 is 0 Å². The standard InChI is InChI=1S/C15H10FNO/c16-13-8-4-7-12(9-13)14-10-17-15(18-14)11-5-2-1-3-6-11/h1-10H. The highest BCUT2D eigenvalue weighted by Gasteiger charge is 2.08. The van der Waals surface area contributed by atoms with Gasteiger partial charge in [0.1, 0.15) is 5.82 Å². The molecule has 0 atom stereocenters. The quantitative estimate of drug-likeness (QED) is 0.671. The second kappa shape index (κ2) is 4.45. The fourth-order valence-corrected chi connectivity index (χ4v) is 1.76. The molecule has 0 saturated carbocycles. The summed E-state index contributed by atoms with van der Waals surface area (Å²) in [6.45, 7) is 0. The number of aromatic nitrogens is 1. The summed E-state index contributed by atoms with van der Waals surface area (Å²) in [5.74, 6) is 0.813. The van der Waals surface area contributed by atoms with Crippen molar-refractivity contribution < 1.29 is 8.81 Å². The molecule has 0 unspecified atom stereocenters. The molecule has 1 heterocycles. The van der Waals surface area contributed by atoms with Crippen molar-refractivity contribution in [3.05, 3.63) is 66.6 Å². The fourth-order valence-electron chi connectivity index (χ4n) is 1.76. The van der Waals surface area contributed by atoms with Crippen LogP contribution in [0, 0.1) is 5.82 Å². The lowest BCUT2D eigenvalue weighted by molar-refractivity contribution is 0.586. The van der Waals surface area contributed by atoms with E-state index in [0.717, 1.165) is 5.56 Å². The predicted octanol–water partition coefficient (Wildman–Crippen LogP) is 4.15. The molecule has 0 fully saturated rings. The second-order valence-corrected chi connectivity index (χ2v) is 3.91. The second-order valence-electron chi connectivity index (χ2n) is 3.91. The van der Waals surface area contributed by atoms with Crippen molar-refractivity contribution in [1.82, 2.24) is 4.98 Å². The maximum atomic E-state index is 13.1. The average molecular weight is 239 g/mol. The van der Waals surface area contributed by atoms with Gasteiger partial charge in [-0.25, -0.2) is 9.37 Å². The summed E-state index contributed by atoms with van der Waals surface area (Å²) in [6, 6.07) is 15.9. The van der Waals surface area contributed by atoms with Gasteiger partial charge in [0.2, 0.25) is 5.89 Å². The minimum atomic E-state index is -0.287. The van der Waals surface area contributed by atoms with Gasteiger partial charge in [-0.1, -0.05) is 30.3 Å². The van der Waals surface area contributed by atoms with Gasteiger partial charge in [0, 0.05) is 11.1 Å². The number of hydrogen-bond acceptors (Lipinski definition) is 2. The van der Waals surface area contributed by atoms with Crippen LogP contribution >= 0.6 is 0 Å². The van der Waals surface area contributed by atoms with E-state index < -0.39 is 0 Å². The molecule has 0 N–H and O–H groups in total. The van der Waals surface area contributed by atoms with Crippen LogP contribution in [0.15, 0.2) is 65.2 Å². The zero-order valence-electron chi connectivity index (χ0n) is 9.51.